The van der Waals surface area contributed by atoms with Gasteiger partial charge in [-0.1, -0.05) is 0 Å². The van der Waals surface area contributed by atoms with Gasteiger partial charge in [0.25, 0.3) is 0 Å². The predicted molar refractivity (Wildman–Crippen MR) is 54.7 cm³/mol. The van der Waals surface area contributed by atoms with E-state index in [9.17, 15) is 13.2 Å². The third kappa shape index (κ3) is 2.67. The third-order valence-corrected chi connectivity index (χ3v) is 4.31. The molecule has 6 nitrogen and oxygen atoms in total. The fourth-order valence-corrected chi connectivity index (χ4v) is 3.20. The molecule has 0 aromatic carbocycles. The highest BCUT2D eigenvalue weighted by Gasteiger charge is 2.37. The van der Waals surface area contributed by atoms with E-state index in [1.54, 1.807) is 0 Å². The minimum atomic E-state index is -3.49. The van der Waals surface area contributed by atoms with Crippen molar-refractivity contribution in [1.29, 1.82) is 0 Å². The smallest absolute Gasteiger partial charge is 0.238 e. The first-order valence-electron chi connectivity index (χ1n) is 4.85. The van der Waals surface area contributed by atoms with Crippen molar-refractivity contribution in [3.63, 3.8) is 0 Å². The molecule has 88 valence electrons. The summed E-state index contributed by atoms with van der Waals surface area (Å²) in [4.78, 5) is 11.4. The molecule has 1 heterocycles. The van der Waals surface area contributed by atoms with E-state index >= 15 is 0 Å². The molecule has 1 aliphatic heterocycles. The second kappa shape index (κ2) is 4.91. The number of rotatable bonds is 4. The molecule has 1 fully saturated rings. The molecule has 0 aliphatic carbocycles. The van der Waals surface area contributed by atoms with E-state index in [1.165, 1.54) is 11.4 Å². The molecule has 1 unspecified atom stereocenters. The Hall–Kier alpha value is -0.660. The van der Waals surface area contributed by atoms with Crippen LogP contribution >= 0.6 is 0 Å². The van der Waals surface area contributed by atoms with Gasteiger partial charge in [-0.15, -0.1) is 0 Å². The van der Waals surface area contributed by atoms with Crippen LogP contribution in [0.25, 0.3) is 0 Å². The van der Waals surface area contributed by atoms with Gasteiger partial charge in [0, 0.05) is 13.6 Å². The molecule has 15 heavy (non-hydrogen) atoms. The minimum Gasteiger partial charge on any atom is -0.395 e. The molecule has 7 heteroatoms. The SMILES string of the molecule is CNC(=O)C1CCCN1S(=O)(=O)CCO. The lowest BCUT2D eigenvalue weighted by Gasteiger charge is -2.22. The zero-order valence-electron chi connectivity index (χ0n) is 8.64. The van der Waals surface area contributed by atoms with Crippen LogP contribution in [0.15, 0.2) is 0 Å². The summed E-state index contributed by atoms with van der Waals surface area (Å²) in [7, 11) is -2.01. The first kappa shape index (κ1) is 12.4. The van der Waals surface area contributed by atoms with Gasteiger partial charge < -0.3 is 10.4 Å². The van der Waals surface area contributed by atoms with Crippen molar-refractivity contribution in [2.75, 3.05) is 26.0 Å². The second-order valence-corrected chi connectivity index (χ2v) is 5.46. The van der Waals surface area contributed by atoms with Crippen molar-refractivity contribution < 1.29 is 18.3 Å². The highest BCUT2D eigenvalue weighted by atomic mass is 32.2. The molecule has 0 radical (unpaired) electrons. The Labute approximate surface area is 89.3 Å². The molecular formula is C8H16N2O4S. The summed E-state index contributed by atoms with van der Waals surface area (Å²) >= 11 is 0. The summed E-state index contributed by atoms with van der Waals surface area (Å²) in [6.07, 6.45) is 1.23. The topological polar surface area (TPSA) is 86.7 Å². The van der Waals surface area contributed by atoms with Crippen LogP contribution in [0.5, 0.6) is 0 Å². The van der Waals surface area contributed by atoms with Crippen molar-refractivity contribution in [3.05, 3.63) is 0 Å². The van der Waals surface area contributed by atoms with Crippen LogP contribution in [0.1, 0.15) is 12.8 Å². The molecule has 1 amide bonds. The Bertz CT molecular complexity index is 328. The van der Waals surface area contributed by atoms with Crippen molar-refractivity contribution >= 4 is 15.9 Å². The Morgan fingerprint density at radius 2 is 2.27 bits per heavy atom. The summed E-state index contributed by atoms with van der Waals surface area (Å²) < 4.78 is 24.5. The number of aliphatic hydroxyl groups is 1. The number of nitrogens with one attached hydrogen (secondary N) is 1. The lowest BCUT2D eigenvalue weighted by atomic mass is 10.2. The fourth-order valence-electron chi connectivity index (χ4n) is 1.73. The normalized spacial score (nSPS) is 22.9. The summed E-state index contributed by atoms with van der Waals surface area (Å²) in [5, 5.41) is 11.1. The van der Waals surface area contributed by atoms with Gasteiger partial charge >= 0.3 is 0 Å². The second-order valence-electron chi connectivity index (χ2n) is 3.42. The van der Waals surface area contributed by atoms with Gasteiger partial charge in [-0.25, -0.2) is 8.42 Å². The number of hydrogen-bond acceptors (Lipinski definition) is 4. The van der Waals surface area contributed by atoms with E-state index in [2.05, 4.69) is 5.32 Å². The molecule has 0 bridgehead atoms. The summed E-state index contributed by atoms with van der Waals surface area (Å²) in [6, 6.07) is -0.605. The number of sulfonamides is 1. The monoisotopic (exact) mass is 236 g/mol. The van der Waals surface area contributed by atoms with Gasteiger partial charge in [0.15, 0.2) is 0 Å². The number of likely N-dealkylation sites (N-methyl/N-ethyl adjacent to an activating group) is 1. The lowest BCUT2D eigenvalue weighted by molar-refractivity contribution is -0.123. The van der Waals surface area contributed by atoms with E-state index in [1.807, 2.05) is 0 Å². The van der Waals surface area contributed by atoms with Crippen LogP contribution in [0.2, 0.25) is 0 Å². The molecule has 1 atom stereocenters. The maximum Gasteiger partial charge on any atom is 0.238 e. The maximum atomic E-state index is 11.6. The van der Waals surface area contributed by atoms with E-state index in [4.69, 9.17) is 5.11 Å². The number of carbonyl (C=O) groups excluding carboxylic acids is 1. The van der Waals surface area contributed by atoms with Gasteiger partial charge in [-0.2, -0.15) is 4.31 Å². The Kier molecular flexibility index (Phi) is 4.06. The lowest BCUT2D eigenvalue weighted by Crippen LogP contribution is -2.45. The van der Waals surface area contributed by atoms with Crippen LogP contribution in [-0.2, 0) is 14.8 Å². The highest BCUT2D eigenvalue weighted by Crippen LogP contribution is 2.21. The number of carbonyl (C=O) groups is 1. The minimum absolute atomic E-state index is 0.283. The fraction of sp³-hybridized carbons (Fsp3) is 0.875. The molecule has 0 spiro atoms. The van der Waals surface area contributed by atoms with Crippen molar-refractivity contribution in [3.8, 4) is 0 Å². The van der Waals surface area contributed by atoms with E-state index in [0.717, 1.165) is 0 Å². The number of nitrogens with zero attached hydrogens (tertiary/aromatic N) is 1. The zero-order valence-corrected chi connectivity index (χ0v) is 9.46. The Morgan fingerprint density at radius 3 is 2.80 bits per heavy atom. The van der Waals surface area contributed by atoms with Crippen molar-refractivity contribution in [2.45, 2.75) is 18.9 Å². The first-order valence-corrected chi connectivity index (χ1v) is 6.46. The molecule has 0 saturated carbocycles. The first-order chi connectivity index (χ1) is 7.03. The summed E-state index contributed by atoms with van der Waals surface area (Å²) in [5.41, 5.74) is 0. The maximum absolute atomic E-state index is 11.6. The van der Waals surface area contributed by atoms with Crippen LogP contribution in [0.3, 0.4) is 0 Å². The number of amides is 1. The number of aliphatic hydroxyl groups excluding tert-OH is 1. The summed E-state index contributed by atoms with van der Waals surface area (Å²) in [5.74, 6) is -0.602. The summed E-state index contributed by atoms with van der Waals surface area (Å²) in [6.45, 7) is -0.0558. The van der Waals surface area contributed by atoms with Crippen LogP contribution < -0.4 is 5.32 Å². The largest absolute Gasteiger partial charge is 0.395 e. The molecule has 1 rings (SSSR count). The van der Waals surface area contributed by atoms with Crippen molar-refractivity contribution in [1.82, 2.24) is 9.62 Å². The van der Waals surface area contributed by atoms with Crippen LogP contribution in [0.4, 0.5) is 0 Å². The van der Waals surface area contributed by atoms with E-state index < -0.39 is 22.7 Å². The van der Waals surface area contributed by atoms with E-state index in [-0.39, 0.29) is 11.7 Å². The molecule has 2 N–H and O–H groups in total. The van der Waals surface area contributed by atoms with Gasteiger partial charge in [0.2, 0.25) is 15.9 Å². The molecule has 0 aromatic heterocycles. The van der Waals surface area contributed by atoms with Gasteiger partial charge in [0.05, 0.1) is 12.4 Å². The van der Waals surface area contributed by atoms with Gasteiger partial charge in [-0.05, 0) is 12.8 Å². The average molecular weight is 236 g/mol. The Balaban J connectivity index is 2.81. The quantitative estimate of drug-likeness (QED) is 0.623. The number of hydrogen-bond donors (Lipinski definition) is 2. The van der Waals surface area contributed by atoms with Crippen LogP contribution in [-0.4, -0.2) is 55.7 Å². The average Bonchev–Trinajstić information content (AvgIpc) is 2.65. The standard InChI is InChI=1S/C8H16N2O4S/c1-9-8(12)7-3-2-4-10(7)15(13,14)6-5-11/h7,11H,2-6H2,1H3,(H,9,12). The third-order valence-electron chi connectivity index (χ3n) is 2.46. The molecule has 1 saturated heterocycles. The Morgan fingerprint density at radius 1 is 1.60 bits per heavy atom. The van der Waals surface area contributed by atoms with Gasteiger partial charge in [-0.3, -0.25) is 4.79 Å². The predicted octanol–water partition coefficient (Wildman–Crippen LogP) is -1.48. The molecule has 0 aromatic rings. The van der Waals surface area contributed by atoms with Crippen molar-refractivity contribution in [2.24, 2.45) is 0 Å². The zero-order chi connectivity index (χ0) is 11.5. The molecular weight excluding hydrogens is 220 g/mol. The molecule has 1 aliphatic rings. The highest BCUT2D eigenvalue weighted by molar-refractivity contribution is 7.89. The van der Waals surface area contributed by atoms with Gasteiger partial charge in [0.1, 0.15) is 6.04 Å². The van der Waals surface area contributed by atoms with E-state index in [0.29, 0.717) is 19.4 Å². The van der Waals surface area contributed by atoms with Crippen LogP contribution in [0, 0.1) is 0 Å².